The van der Waals surface area contributed by atoms with Gasteiger partial charge in [0.15, 0.2) is 5.11 Å². The fourth-order valence-corrected chi connectivity index (χ4v) is 3.37. The molecule has 0 spiro atoms. The molecule has 0 radical (unpaired) electrons. The van der Waals surface area contributed by atoms with E-state index in [-0.39, 0.29) is 16.8 Å². The fraction of sp³-hybridized carbons (Fsp3) is 0.438. The summed E-state index contributed by atoms with van der Waals surface area (Å²) in [5.41, 5.74) is 8.90. The van der Waals surface area contributed by atoms with E-state index < -0.39 is 14.0 Å². The lowest BCUT2D eigenvalue weighted by molar-refractivity contribution is -0.136. The molecule has 0 amide bonds. The van der Waals surface area contributed by atoms with Gasteiger partial charge in [-0.05, 0) is 22.8 Å². The number of carbonyl (C=O) groups excluding carboxylic acids is 1. The summed E-state index contributed by atoms with van der Waals surface area (Å²) in [6, 6.07) is 9.54. The number of benzene rings is 1. The Bertz CT molecular complexity index is 595. The van der Waals surface area contributed by atoms with E-state index in [1.54, 1.807) is 0 Å². The zero-order valence-electron chi connectivity index (χ0n) is 14.3. The third kappa shape index (κ3) is 5.44. The molecule has 0 unspecified atom stereocenters. The number of thiocarbonyl (C=S) groups is 1. The summed E-state index contributed by atoms with van der Waals surface area (Å²) < 4.78 is 5.44. The number of hydrogen-bond acceptors (Lipinski definition) is 4. The first-order valence-electron chi connectivity index (χ1n) is 7.40. The van der Waals surface area contributed by atoms with Crippen LogP contribution in [0.25, 0.3) is 0 Å². The maximum Gasteiger partial charge on any atom is 0.350 e. The normalized spacial score (nSPS) is 12.7. The third-order valence-corrected chi connectivity index (χ3v) is 9.49. The zero-order valence-corrected chi connectivity index (χ0v) is 16.2. The van der Waals surface area contributed by atoms with E-state index in [0.29, 0.717) is 5.33 Å². The first-order valence-corrected chi connectivity index (χ1v) is 10.8. The van der Waals surface area contributed by atoms with Crippen LogP contribution in [0, 0.1) is 0 Å². The van der Waals surface area contributed by atoms with Gasteiger partial charge in [-0.15, -0.1) is 0 Å². The molecule has 23 heavy (non-hydrogen) atoms. The number of nitrogens with one attached hydrogen (secondary N) is 1. The summed E-state index contributed by atoms with van der Waals surface area (Å²) in [6.45, 7) is 10.7. The Labute approximate surface area is 144 Å². The highest BCUT2D eigenvalue weighted by atomic mass is 32.1. The van der Waals surface area contributed by atoms with Crippen LogP contribution in [0.15, 0.2) is 35.4 Å². The van der Waals surface area contributed by atoms with Crippen molar-refractivity contribution in [2.75, 3.05) is 0 Å². The van der Waals surface area contributed by atoms with E-state index in [4.69, 9.17) is 22.7 Å². The SMILES string of the molecule is CC(C)(C)[Si](C)(C)/C(=N\NC(N)=S)C(=O)OCc1ccccc1. The van der Waals surface area contributed by atoms with Crippen molar-refractivity contribution in [1.29, 1.82) is 0 Å². The quantitative estimate of drug-likeness (QED) is 0.280. The number of carbonyl (C=O) groups is 1. The summed E-state index contributed by atoms with van der Waals surface area (Å²) in [7, 11) is -2.20. The fourth-order valence-electron chi connectivity index (χ4n) is 1.70. The Balaban J connectivity index is 2.98. The molecular formula is C16H25N3O2SSi. The van der Waals surface area contributed by atoms with Crippen LogP contribution in [0.5, 0.6) is 0 Å². The monoisotopic (exact) mass is 351 g/mol. The third-order valence-electron chi connectivity index (χ3n) is 4.15. The van der Waals surface area contributed by atoms with Gasteiger partial charge in [-0.3, -0.25) is 5.43 Å². The molecule has 0 aliphatic rings. The summed E-state index contributed by atoms with van der Waals surface area (Å²) in [5, 5.41) is 4.51. The molecule has 1 aromatic rings. The number of nitrogens with zero attached hydrogens (tertiary/aromatic N) is 1. The molecular weight excluding hydrogens is 326 g/mol. The number of nitrogens with two attached hydrogens (primary N) is 1. The van der Waals surface area contributed by atoms with Gasteiger partial charge in [-0.1, -0.05) is 64.2 Å². The zero-order chi connectivity index (χ0) is 17.7. The maximum absolute atomic E-state index is 12.6. The molecule has 0 saturated heterocycles. The summed E-state index contributed by atoms with van der Waals surface area (Å²) >= 11 is 4.78. The van der Waals surface area contributed by atoms with Crippen LogP contribution in [-0.2, 0) is 16.1 Å². The van der Waals surface area contributed by atoms with Crippen LogP contribution in [0.3, 0.4) is 0 Å². The highest BCUT2D eigenvalue weighted by Crippen LogP contribution is 2.37. The average Bonchev–Trinajstić information content (AvgIpc) is 2.44. The Morgan fingerprint density at radius 2 is 1.87 bits per heavy atom. The minimum absolute atomic E-state index is 0.0251. The van der Waals surface area contributed by atoms with Gasteiger partial charge >= 0.3 is 5.97 Å². The second-order valence-corrected chi connectivity index (χ2v) is 12.5. The predicted molar refractivity (Wildman–Crippen MR) is 101 cm³/mol. The van der Waals surface area contributed by atoms with Crippen LogP contribution in [0.1, 0.15) is 26.3 Å². The highest BCUT2D eigenvalue weighted by Gasteiger charge is 2.44. The molecule has 1 rings (SSSR count). The summed E-state index contributed by atoms with van der Waals surface area (Å²) in [5.74, 6) is -0.427. The molecule has 0 saturated carbocycles. The molecule has 3 N–H and O–H groups in total. The van der Waals surface area contributed by atoms with Crippen LogP contribution in [0.4, 0.5) is 0 Å². The Morgan fingerprint density at radius 1 is 1.30 bits per heavy atom. The van der Waals surface area contributed by atoms with Gasteiger partial charge in [0.05, 0.1) is 0 Å². The van der Waals surface area contributed by atoms with Crippen LogP contribution < -0.4 is 11.2 Å². The second-order valence-electron chi connectivity index (χ2n) is 6.87. The van der Waals surface area contributed by atoms with E-state index in [1.807, 2.05) is 30.3 Å². The maximum atomic E-state index is 12.6. The van der Waals surface area contributed by atoms with Gasteiger partial charge in [0, 0.05) is 0 Å². The second kappa shape index (κ2) is 7.70. The first-order chi connectivity index (χ1) is 10.6. The van der Waals surface area contributed by atoms with E-state index in [0.717, 1.165) is 5.56 Å². The number of rotatable bonds is 5. The molecule has 0 aliphatic heterocycles. The lowest BCUT2D eigenvalue weighted by Crippen LogP contribution is -2.51. The number of hydrogen-bond donors (Lipinski definition) is 2. The van der Waals surface area contributed by atoms with Crippen molar-refractivity contribution < 1.29 is 9.53 Å². The van der Waals surface area contributed by atoms with Crippen molar-refractivity contribution in [1.82, 2.24) is 5.43 Å². The lowest BCUT2D eigenvalue weighted by Gasteiger charge is -2.36. The summed E-state index contributed by atoms with van der Waals surface area (Å²) in [6.07, 6.45) is 0. The molecule has 5 nitrogen and oxygen atoms in total. The van der Waals surface area contributed by atoms with Crippen molar-refractivity contribution >= 4 is 36.7 Å². The molecule has 0 atom stereocenters. The van der Waals surface area contributed by atoms with Crippen LogP contribution in [0.2, 0.25) is 18.1 Å². The Morgan fingerprint density at radius 3 is 2.35 bits per heavy atom. The number of esters is 1. The van der Waals surface area contributed by atoms with Gasteiger partial charge in [-0.25, -0.2) is 4.79 Å². The van der Waals surface area contributed by atoms with Crippen molar-refractivity contribution in [3.63, 3.8) is 0 Å². The molecule has 0 aromatic heterocycles. The van der Waals surface area contributed by atoms with E-state index in [1.165, 1.54) is 0 Å². The topological polar surface area (TPSA) is 76.7 Å². The van der Waals surface area contributed by atoms with E-state index in [2.05, 4.69) is 44.4 Å². The van der Waals surface area contributed by atoms with Gasteiger partial charge in [0.1, 0.15) is 20.0 Å². The van der Waals surface area contributed by atoms with Crippen molar-refractivity contribution in [3.8, 4) is 0 Å². The Hall–Kier alpha value is -1.73. The first kappa shape index (κ1) is 19.3. The van der Waals surface area contributed by atoms with Crippen molar-refractivity contribution in [2.24, 2.45) is 10.8 Å². The van der Waals surface area contributed by atoms with Crippen molar-refractivity contribution in [3.05, 3.63) is 35.9 Å². The Kier molecular flexibility index (Phi) is 6.46. The van der Waals surface area contributed by atoms with Gasteiger partial charge in [0.2, 0.25) is 0 Å². The summed E-state index contributed by atoms with van der Waals surface area (Å²) in [4.78, 5) is 12.6. The predicted octanol–water partition coefficient (Wildman–Crippen LogP) is 2.97. The number of hydrazone groups is 1. The standard InChI is InChI=1S/C16H25N3O2SSi/c1-16(2,3)23(4,5)13(18-19-15(17)22)14(20)21-11-12-9-7-6-8-10-12/h6-10H,11H2,1-5H3,(H3,17,19,22)/b18-13-. The van der Waals surface area contributed by atoms with E-state index in [9.17, 15) is 4.79 Å². The largest absolute Gasteiger partial charge is 0.457 e. The van der Waals surface area contributed by atoms with Gasteiger partial charge in [-0.2, -0.15) is 5.10 Å². The van der Waals surface area contributed by atoms with Crippen molar-refractivity contribution in [2.45, 2.75) is 45.5 Å². The molecule has 0 heterocycles. The van der Waals surface area contributed by atoms with Crippen LogP contribution >= 0.6 is 12.2 Å². The molecule has 1 aromatic carbocycles. The smallest absolute Gasteiger partial charge is 0.350 e. The lowest BCUT2D eigenvalue weighted by atomic mass is 10.2. The van der Waals surface area contributed by atoms with E-state index >= 15 is 0 Å². The molecule has 0 bridgehead atoms. The molecule has 7 heteroatoms. The minimum Gasteiger partial charge on any atom is -0.457 e. The number of ether oxygens (including phenoxy) is 1. The van der Waals surface area contributed by atoms with Crippen LogP contribution in [-0.4, -0.2) is 24.5 Å². The van der Waals surface area contributed by atoms with Gasteiger partial charge in [0.25, 0.3) is 0 Å². The minimum atomic E-state index is -2.20. The van der Waals surface area contributed by atoms with Gasteiger partial charge < -0.3 is 10.5 Å². The molecule has 0 fully saturated rings. The molecule has 0 aliphatic carbocycles. The highest BCUT2D eigenvalue weighted by molar-refractivity contribution is 7.80. The average molecular weight is 352 g/mol. The molecule has 126 valence electrons.